The minimum Gasteiger partial charge on any atom is -0.308 e. The average Bonchev–Trinajstić information content (AvgIpc) is 2.89. The number of carbonyl (C=O) groups excluding carboxylic acids is 1. The first kappa shape index (κ1) is 19.5. The summed E-state index contributed by atoms with van der Waals surface area (Å²) < 4.78 is 28.3. The van der Waals surface area contributed by atoms with Crippen LogP contribution in [0, 0.1) is 0 Å². The highest BCUT2D eigenvalue weighted by molar-refractivity contribution is 9.10. The van der Waals surface area contributed by atoms with Crippen LogP contribution in [0.2, 0.25) is 0 Å². The molecule has 0 spiro atoms. The zero-order chi connectivity index (χ0) is 19.1. The van der Waals surface area contributed by atoms with Gasteiger partial charge in [0.25, 0.3) is 0 Å². The van der Waals surface area contributed by atoms with Crippen molar-refractivity contribution in [3.8, 4) is 0 Å². The molecule has 5 nitrogen and oxygen atoms in total. The molecule has 8 heteroatoms. The van der Waals surface area contributed by atoms with Gasteiger partial charge in [-0.3, -0.25) is 4.79 Å². The molecule has 1 aliphatic rings. The molecule has 0 saturated heterocycles. The number of hydrogen-bond donors (Lipinski definition) is 0. The highest BCUT2D eigenvalue weighted by Gasteiger charge is 2.33. The van der Waals surface area contributed by atoms with Crippen LogP contribution in [0.4, 0.5) is 5.69 Å². The van der Waals surface area contributed by atoms with Crippen molar-refractivity contribution in [2.24, 2.45) is 0 Å². The Morgan fingerprint density at radius 1 is 1.15 bits per heavy atom. The van der Waals surface area contributed by atoms with Gasteiger partial charge in [0.15, 0.2) is 0 Å². The number of hydrogen-bond acceptors (Lipinski definition) is 3. The van der Waals surface area contributed by atoms with Crippen LogP contribution < -0.4 is 4.90 Å². The van der Waals surface area contributed by atoms with Crippen molar-refractivity contribution in [1.82, 2.24) is 4.31 Å². The van der Waals surface area contributed by atoms with Gasteiger partial charge in [0.1, 0.15) is 0 Å². The zero-order valence-corrected chi connectivity index (χ0v) is 18.3. The van der Waals surface area contributed by atoms with Crippen LogP contribution in [-0.2, 0) is 21.2 Å². The van der Waals surface area contributed by atoms with Crippen LogP contribution in [0.3, 0.4) is 0 Å². The van der Waals surface area contributed by atoms with Gasteiger partial charge in [0, 0.05) is 27.7 Å². The van der Waals surface area contributed by atoms with Crippen molar-refractivity contribution >= 4 is 53.5 Å². The molecule has 0 bridgehead atoms. The van der Waals surface area contributed by atoms with Gasteiger partial charge in [-0.25, -0.2) is 8.42 Å². The van der Waals surface area contributed by atoms with E-state index in [-0.39, 0.29) is 23.4 Å². The molecule has 0 aliphatic carbocycles. The molecule has 26 heavy (non-hydrogen) atoms. The van der Waals surface area contributed by atoms with Crippen molar-refractivity contribution in [2.45, 2.75) is 24.3 Å². The lowest BCUT2D eigenvalue weighted by Crippen LogP contribution is -2.43. The SMILES string of the molecule is C[C@H]1Cc2cc(Br)ccc2N1C(=O)CN(C)S(=O)(=O)c1ccc(Br)cc1. The first-order chi connectivity index (χ1) is 12.2. The fourth-order valence-corrected chi connectivity index (χ4v) is 4.91. The molecule has 138 valence electrons. The standard InChI is InChI=1S/C18H18Br2N2O3S/c1-12-9-13-10-15(20)5-8-17(13)22(12)18(23)11-21(2)26(24,25)16-6-3-14(19)4-7-16/h3-8,10,12H,9,11H2,1-2H3/t12-/m0/s1. The Morgan fingerprint density at radius 3 is 2.42 bits per heavy atom. The lowest BCUT2D eigenvalue weighted by atomic mass is 10.1. The topological polar surface area (TPSA) is 57.7 Å². The molecular weight excluding hydrogens is 484 g/mol. The number of halogens is 2. The van der Waals surface area contributed by atoms with Crippen molar-refractivity contribution in [3.63, 3.8) is 0 Å². The molecule has 2 aromatic carbocycles. The number of anilines is 1. The maximum Gasteiger partial charge on any atom is 0.243 e. The highest BCUT2D eigenvalue weighted by Crippen LogP contribution is 2.34. The molecule has 0 saturated carbocycles. The fraction of sp³-hybridized carbons (Fsp3) is 0.278. The molecule has 0 N–H and O–H groups in total. The van der Waals surface area contributed by atoms with E-state index in [2.05, 4.69) is 31.9 Å². The van der Waals surface area contributed by atoms with Gasteiger partial charge in [-0.15, -0.1) is 0 Å². The number of likely N-dealkylation sites (N-methyl/N-ethyl adjacent to an activating group) is 1. The molecule has 1 heterocycles. The Labute approximate surface area is 170 Å². The van der Waals surface area contributed by atoms with Crippen molar-refractivity contribution in [3.05, 3.63) is 57.0 Å². The summed E-state index contributed by atoms with van der Waals surface area (Å²) in [5.74, 6) is -0.234. The lowest BCUT2D eigenvalue weighted by Gasteiger charge is -2.25. The number of carbonyl (C=O) groups is 1. The van der Waals surface area contributed by atoms with Gasteiger partial charge < -0.3 is 4.90 Å². The Hall–Kier alpha value is -1.22. The number of fused-ring (bicyclic) bond motifs is 1. The third kappa shape index (κ3) is 3.74. The van der Waals surface area contributed by atoms with E-state index in [0.29, 0.717) is 0 Å². The molecule has 3 rings (SSSR count). The van der Waals surface area contributed by atoms with E-state index in [1.54, 1.807) is 17.0 Å². The zero-order valence-electron chi connectivity index (χ0n) is 14.3. The second kappa shape index (κ2) is 7.42. The number of rotatable bonds is 4. The van der Waals surface area contributed by atoms with Crippen LogP contribution in [0.15, 0.2) is 56.3 Å². The summed E-state index contributed by atoms with van der Waals surface area (Å²) in [7, 11) is -2.30. The summed E-state index contributed by atoms with van der Waals surface area (Å²) in [6.45, 7) is 1.76. The molecule has 2 aromatic rings. The predicted molar refractivity (Wildman–Crippen MR) is 109 cm³/mol. The van der Waals surface area contributed by atoms with E-state index in [1.165, 1.54) is 19.2 Å². The van der Waals surface area contributed by atoms with Gasteiger partial charge in [0.2, 0.25) is 15.9 Å². The summed E-state index contributed by atoms with van der Waals surface area (Å²) in [6, 6.07) is 12.1. The lowest BCUT2D eigenvalue weighted by molar-refractivity contribution is -0.118. The van der Waals surface area contributed by atoms with Gasteiger partial charge in [-0.1, -0.05) is 31.9 Å². The van der Waals surface area contributed by atoms with Crippen LogP contribution in [0.1, 0.15) is 12.5 Å². The molecule has 1 atom stereocenters. The van der Waals surface area contributed by atoms with Crippen LogP contribution in [0.5, 0.6) is 0 Å². The second-order valence-electron chi connectivity index (χ2n) is 6.30. The maximum absolute atomic E-state index is 12.8. The van der Waals surface area contributed by atoms with E-state index in [0.717, 1.165) is 30.9 Å². The largest absolute Gasteiger partial charge is 0.308 e. The normalized spacial score (nSPS) is 16.8. The number of sulfonamides is 1. The third-order valence-electron chi connectivity index (χ3n) is 4.41. The Balaban J connectivity index is 1.81. The molecule has 0 aromatic heterocycles. The third-order valence-corrected chi connectivity index (χ3v) is 7.25. The first-order valence-corrected chi connectivity index (χ1v) is 11.0. The van der Waals surface area contributed by atoms with Crippen molar-refractivity contribution in [2.75, 3.05) is 18.5 Å². The molecule has 1 aliphatic heterocycles. The maximum atomic E-state index is 12.8. The summed E-state index contributed by atoms with van der Waals surface area (Å²) in [4.78, 5) is 14.7. The van der Waals surface area contributed by atoms with Gasteiger partial charge in [-0.05, 0) is 61.4 Å². The van der Waals surface area contributed by atoms with Gasteiger partial charge >= 0.3 is 0 Å². The van der Waals surface area contributed by atoms with Gasteiger partial charge in [-0.2, -0.15) is 4.31 Å². The van der Waals surface area contributed by atoms with Gasteiger partial charge in [0.05, 0.1) is 11.4 Å². The van der Waals surface area contributed by atoms with E-state index >= 15 is 0 Å². The second-order valence-corrected chi connectivity index (χ2v) is 10.2. The summed E-state index contributed by atoms with van der Waals surface area (Å²) in [5, 5.41) is 0. The summed E-state index contributed by atoms with van der Waals surface area (Å²) in [5.41, 5.74) is 1.93. The van der Waals surface area contributed by atoms with Crippen LogP contribution in [-0.4, -0.2) is 38.3 Å². The number of amides is 1. The molecule has 0 unspecified atom stereocenters. The first-order valence-electron chi connectivity index (χ1n) is 8.02. The Morgan fingerprint density at radius 2 is 1.77 bits per heavy atom. The van der Waals surface area contributed by atoms with Crippen LogP contribution in [0.25, 0.3) is 0 Å². The Bertz CT molecular complexity index is 945. The van der Waals surface area contributed by atoms with E-state index < -0.39 is 10.0 Å². The number of benzene rings is 2. The average molecular weight is 502 g/mol. The summed E-state index contributed by atoms with van der Waals surface area (Å²) in [6.07, 6.45) is 0.754. The fourth-order valence-electron chi connectivity index (χ4n) is 3.12. The van der Waals surface area contributed by atoms with Crippen molar-refractivity contribution in [1.29, 1.82) is 0 Å². The summed E-state index contributed by atoms with van der Waals surface area (Å²) >= 11 is 6.73. The minimum absolute atomic E-state index is 0.00409. The quantitative estimate of drug-likeness (QED) is 0.640. The minimum atomic E-state index is -3.72. The van der Waals surface area contributed by atoms with E-state index in [1.807, 2.05) is 25.1 Å². The van der Waals surface area contributed by atoms with Crippen molar-refractivity contribution < 1.29 is 13.2 Å². The van der Waals surface area contributed by atoms with E-state index in [4.69, 9.17) is 0 Å². The smallest absolute Gasteiger partial charge is 0.243 e. The molecule has 0 fully saturated rings. The number of nitrogens with zero attached hydrogens (tertiary/aromatic N) is 2. The predicted octanol–water partition coefficient (Wildman–Crippen LogP) is 3.81. The van der Waals surface area contributed by atoms with E-state index in [9.17, 15) is 13.2 Å². The Kier molecular flexibility index (Phi) is 5.58. The molecular formula is C18H18Br2N2O3S. The molecule has 1 amide bonds. The molecule has 0 radical (unpaired) electrons. The monoisotopic (exact) mass is 500 g/mol. The van der Waals surface area contributed by atoms with Crippen LogP contribution >= 0.6 is 31.9 Å². The highest BCUT2D eigenvalue weighted by atomic mass is 79.9.